The highest BCUT2D eigenvalue weighted by Gasteiger charge is 2.49. The first-order valence-electron chi connectivity index (χ1n) is 6.77. The third kappa shape index (κ3) is 2.90. The number of aromatic nitrogens is 3. The lowest BCUT2D eigenvalue weighted by Gasteiger charge is -2.26. The SMILES string of the molecule is CCOC(=O)C(N)(CSc1n[nH]c(=O)n1CC)C1CC1. The number of carbonyl (C=O) groups is 1. The first-order chi connectivity index (χ1) is 9.52. The van der Waals surface area contributed by atoms with E-state index in [0.29, 0.717) is 24.1 Å². The normalized spacial score (nSPS) is 17.8. The molecule has 8 heteroatoms. The maximum atomic E-state index is 12.1. The number of nitrogens with zero attached hydrogens (tertiary/aromatic N) is 2. The van der Waals surface area contributed by atoms with Crippen LogP contribution in [0.25, 0.3) is 0 Å². The molecule has 0 aliphatic heterocycles. The molecule has 3 N–H and O–H groups in total. The van der Waals surface area contributed by atoms with Crippen molar-refractivity contribution in [2.45, 2.75) is 43.9 Å². The second kappa shape index (κ2) is 6.01. The first-order valence-corrected chi connectivity index (χ1v) is 7.75. The molecule has 1 aromatic heterocycles. The number of hydrogen-bond donors (Lipinski definition) is 2. The predicted octanol–water partition coefficient (Wildman–Crippen LogP) is 0.354. The standard InChI is InChI=1S/C12H20N4O3S/c1-3-16-10(18)14-15-11(16)20-7-12(13,8-5-6-8)9(17)19-4-2/h8H,3-7,13H2,1-2H3,(H,14,18). The Morgan fingerprint density at radius 3 is 2.85 bits per heavy atom. The fourth-order valence-electron chi connectivity index (χ4n) is 2.08. The van der Waals surface area contributed by atoms with Crippen LogP contribution < -0.4 is 11.4 Å². The molecular formula is C12H20N4O3S. The van der Waals surface area contributed by atoms with Gasteiger partial charge in [0.2, 0.25) is 0 Å². The first kappa shape index (κ1) is 15.1. The maximum absolute atomic E-state index is 12.1. The molecule has 0 spiro atoms. The lowest BCUT2D eigenvalue weighted by Crippen LogP contribution is -2.53. The zero-order valence-electron chi connectivity index (χ0n) is 11.7. The van der Waals surface area contributed by atoms with Crippen molar-refractivity contribution in [3.8, 4) is 0 Å². The topological polar surface area (TPSA) is 103 Å². The minimum Gasteiger partial charge on any atom is -0.465 e. The summed E-state index contributed by atoms with van der Waals surface area (Å²) >= 11 is 1.32. The Morgan fingerprint density at radius 1 is 1.60 bits per heavy atom. The Hall–Kier alpha value is -1.28. The van der Waals surface area contributed by atoms with E-state index < -0.39 is 5.54 Å². The molecule has 1 aromatic rings. The maximum Gasteiger partial charge on any atom is 0.343 e. The lowest BCUT2D eigenvalue weighted by molar-refractivity contribution is -0.149. The van der Waals surface area contributed by atoms with Gasteiger partial charge in [0.25, 0.3) is 0 Å². The van der Waals surface area contributed by atoms with Crippen LogP contribution in [0.15, 0.2) is 9.95 Å². The molecule has 1 saturated carbocycles. The van der Waals surface area contributed by atoms with Gasteiger partial charge >= 0.3 is 11.7 Å². The van der Waals surface area contributed by atoms with Crippen molar-refractivity contribution in [3.05, 3.63) is 10.5 Å². The fraction of sp³-hybridized carbons (Fsp3) is 0.750. The molecule has 7 nitrogen and oxygen atoms in total. The smallest absolute Gasteiger partial charge is 0.343 e. The van der Waals surface area contributed by atoms with Gasteiger partial charge in [0.15, 0.2) is 5.16 Å². The number of carbonyl (C=O) groups excluding carboxylic acids is 1. The molecule has 112 valence electrons. The summed E-state index contributed by atoms with van der Waals surface area (Å²) in [6.07, 6.45) is 1.88. The zero-order chi connectivity index (χ0) is 14.8. The lowest BCUT2D eigenvalue weighted by atomic mass is 9.97. The summed E-state index contributed by atoms with van der Waals surface area (Å²) < 4.78 is 6.60. The van der Waals surface area contributed by atoms with Gasteiger partial charge < -0.3 is 10.5 Å². The molecule has 0 saturated heterocycles. The molecule has 0 aromatic carbocycles. The third-order valence-corrected chi connectivity index (χ3v) is 4.63. The summed E-state index contributed by atoms with van der Waals surface area (Å²) in [7, 11) is 0. The average Bonchev–Trinajstić information content (AvgIpc) is 3.21. The van der Waals surface area contributed by atoms with Crippen LogP contribution in [0.3, 0.4) is 0 Å². The number of H-pyrrole nitrogens is 1. The van der Waals surface area contributed by atoms with Gasteiger partial charge in [-0.3, -0.25) is 9.36 Å². The van der Waals surface area contributed by atoms with Crippen molar-refractivity contribution in [2.24, 2.45) is 11.7 Å². The number of ether oxygens (including phenoxy) is 1. The van der Waals surface area contributed by atoms with E-state index in [0.717, 1.165) is 12.8 Å². The van der Waals surface area contributed by atoms with Crippen LogP contribution in [0.2, 0.25) is 0 Å². The van der Waals surface area contributed by atoms with E-state index in [1.807, 2.05) is 6.92 Å². The van der Waals surface area contributed by atoms with E-state index in [1.54, 1.807) is 6.92 Å². The molecule has 1 unspecified atom stereocenters. The Kier molecular flexibility index (Phi) is 4.54. The largest absolute Gasteiger partial charge is 0.465 e. The van der Waals surface area contributed by atoms with Gasteiger partial charge in [-0.25, -0.2) is 9.89 Å². The van der Waals surface area contributed by atoms with E-state index in [4.69, 9.17) is 10.5 Å². The Morgan fingerprint density at radius 2 is 2.30 bits per heavy atom. The zero-order valence-corrected chi connectivity index (χ0v) is 12.5. The summed E-state index contributed by atoms with van der Waals surface area (Å²) in [4.78, 5) is 23.6. The molecule has 1 aliphatic carbocycles. The molecular weight excluding hydrogens is 280 g/mol. The number of hydrogen-bond acceptors (Lipinski definition) is 6. The summed E-state index contributed by atoms with van der Waals surface area (Å²) in [6.45, 7) is 4.47. The van der Waals surface area contributed by atoms with Gasteiger partial charge in [0.05, 0.1) is 6.61 Å². The molecule has 20 heavy (non-hydrogen) atoms. The van der Waals surface area contributed by atoms with Gasteiger partial charge in [-0.1, -0.05) is 11.8 Å². The van der Waals surface area contributed by atoms with Crippen LogP contribution in [-0.4, -0.2) is 38.6 Å². The van der Waals surface area contributed by atoms with Gasteiger partial charge in [-0.15, -0.1) is 5.10 Å². The van der Waals surface area contributed by atoms with Crippen molar-refractivity contribution < 1.29 is 9.53 Å². The van der Waals surface area contributed by atoms with Crippen molar-refractivity contribution in [3.63, 3.8) is 0 Å². The average molecular weight is 300 g/mol. The number of aromatic amines is 1. The van der Waals surface area contributed by atoms with Gasteiger partial charge in [-0.05, 0) is 32.6 Å². The van der Waals surface area contributed by atoms with Crippen LogP contribution in [0.4, 0.5) is 0 Å². The molecule has 1 aliphatic rings. The monoisotopic (exact) mass is 300 g/mol. The highest BCUT2D eigenvalue weighted by atomic mass is 32.2. The predicted molar refractivity (Wildman–Crippen MR) is 75.5 cm³/mol. The molecule has 0 amide bonds. The highest BCUT2D eigenvalue weighted by molar-refractivity contribution is 7.99. The second-order valence-corrected chi connectivity index (χ2v) is 5.82. The molecule has 0 bridgehead atoms. The van der Waals surface area contributed by atoms with Crippen molar-refractivity contribution in [1.82, 2.24) is 14.8 Å². The number of nitrogens with one attached hydrogen (secondary N) is 1. The van der Waals surface area contributed by atoms with Crippen molar-refractivity contribution in [2.75, 3.05) is 12.4 Å². The summed E-state index contributed by atoms with van der Waals surface area (Å²) in [5.74, 6) is 0.159. The van der Waals surface area contributed by atoms with Gasteiger partial charge in [0, 0.05) is 12.3 Å². The molecule has 1 heterocycles. The van der Waals surface area contributed by atoms with Crippen molar-refractivity contribution in [1.29, 1.82) is 0 Å². The summed E-state index contributed by atoms with van der Waals surface area (Å²) in [6, 6.07) is 0. The number of rotatable bonds is 7. The van der Waals surface area contributed by atoms with Crippen LogP contribution in [-0.2, 0) is 16.1 Å². The minimum absolute atomic E-state index is 0.162. The van der Waals surface area contributed by atoms with Crippen LogP contribution >= 0.6 is 11.8 Å². The molecule has 1 atom stereocenters. The number of nitrogens with two attached hydrogens (primary N) is 1. The van der Waals surface area contributed by atoms with Gasteiger partial charge in [-0.2, -0.15) is 0 Å². The van der Waals surface area contributed by atoms with Crippen LogP contribution in [0, 0.1) is 5.92 Å². The highest BCUT2D eigenvalue weighted by Crippen LogP contribution is 2.41. The van der Waals surface area contributed by atoms with E-state index in [1.165, 1.54) is 16.3 Å². The van der Waals surface area contributed by atoms with Crippen LogP contribution in [0.5, 0.6) is 0 Å². The Bertz CT molecular complexity index is 537. The Balaban J connectivity index is 2.09. The minimum atomic E-state index is -0.992. The number of esters is 1. The van der Waals surface area contributed by atoms with Gasteiger partial charge in [0.1, 0.15) is 5.54 Å². The molecule has 1 fully saturated rings. The van der Waals surface area contributed by atoms with Crippen molar-refractivity contribution >= 4 is 17.7 Å². The quantitative estimate of drug-likeness (QED) is 0.556. The molecule has 0 radical (unpaired) electrons. The number of thioether (sulfide) groups is 1. The van der Waals surface area contributed by atoms with E-state index in [2.05, 4.69) is 10.2 Å². The van der Waals surface area contributed by atoms with E-state index >= 15 is 0 Å². The summed E-state index contributed by atoms with van der Waals surface area (Å²) in [5.41, 5.74) is 5.02. The van der Waals surface area contributed by atoms with Crippen LogP contribution in [0.1, 0.15) is 26.7 Å². The van der Waals surface area contributed by atoms with E-state index in [9.17, 15) is 9.59 Å². The van der Waals surface area contributed by atoms with E-state index in [-0.39, 0.29) is 17.6 Å². The third-order valence-electron chi connectivity index (χ3n) is 3.44. The Labute approximate surface area is 121 Å². The summed E-state index contributed by atoms with van der Waals surface area (Å²) in [5, 5.41) is 6.91. The fourth-order valence-corrected chi connectivity index (χ4v) is 3.28. The molecule has 2 rings (SSSR count). The second-order valence-electron chi connectivity index (χ2n) is 4.88.